The number of methoxy groups -OCH3 is 1. The molecule has 1 fully saturated rings. The normalized spacial score (nSPS) is 21.3. The van der Waals surface area contributed by atoms with E-state index in [1.165, 1.54) is 6.92 Å². The van der Waals surface area contributed by atoms with Crippen LogP contribution < -0.4 is 9.64 Å². The van der Waals surface area contributed by atoms with E-state index in [2.05, 4.69) is 0 Å². The van der Waals surface area contributed by atoms with Gasteiger partial charge in [0.1, 0.15) is 16.9 Å². The predicted octanol–water partition coefficient (Wildman–Crippen LogP) is 2.72. The van der Waals surface area contributed by atoms with Gasteiger partial charge in [-0.2, -0.15) is 0 Å². The molecule has 0 bridgehead atoms. The minimum atomic E-state index is -1.19. The number of benzene rings is 1. The molecule has 118 valence electrons. The van der Waals surface area contributed by atoms with Crippen molar-refractivity contribution in [2.24, 2.45) is 5.41 Å². The molecule has 2 rings (SSSR count). The van der Waals surface area contributed by atoms with Crippen molar-refractivity contribution in [1.29, 1.82) is 0 Å². The standard InChI is InChI=1S/C17H21NO4/c1-4-5-10-17(12(2)19)11-15(20)18(16(17)21)13-6-8-14(22-3)9-7-13/h6-9H,4-5,10-11H2,1-3H3. The molecule has 1 heterocycles. The van der Waals surface area contributed by atoms with Crippen LogP contribution >= 0.6 is 0 Å². The fourth-order valence-electron chi connectivity index (χ4n) is 2.86. The summed E-state index contributed by atoms with van der Waals surface area (Å²) in [6.45, 7) is 3.40. The number of unbranched alkanes of at least 4 members (excludes halogenated alkanes) is 1. The lowest BCUT2D eigenvalue weighted by Gasteiger charge is -2.24. The van der Waals surface area contributed by atoms with Gasteiger partial charge in [-0.3, -0.25) is 14.4 Å². The van der Waals surface area contributed by atoms with E-state index >= 15 is 0 Å². The highest BCUT2D eigenvalue weighted by Crippen LogP contribution is 2.41. The number of imide groups is 1. The Morgan fingerprint density at radius 2 is 1.91 bits per heavy atom. The topological polar surface area (TPSA) is 63.7 Å². The molecule has 0 spiro atoms. The number of hydrogen-bond donors (Lipinski definition) is 0. The Morgan fingerprint density at radius 1 is 1.27 bits per heavy atom. The van der Waals surface area contributed by atoms with Gasteiger partial charge in [-0.15, -0.1) is 0 Å². The van der Waals surface area contributed by atoms with Crippen LogP contribution in [-0.2, 0) is 14.4 Å². The average molecular weight is 303 g/mol. The maximum Gasteiger partial charge on any atom is 0.247 e. The Bertz CT molecular complexity index is 593. The SMILES string of the molecule is CCCCC1(C(C)=O)CC(=O)N(c2ccc(OC)cc2)C1=O. The number of anilines is 1. The van der Waals surface area contributed by atoms with E-state index in [1.54, 1.807) is 31.4 Å². The highest BCUT2D eigenvalue weighted by molar-refractivity contribution is 6.29. The van der Waals surface area contributed by atoms with Crippen molar-refractivity contribution in [3.05, 3.63) is 24.3 Å². The van der Waals surface area contributed by atoms with Gasteiger partial charge in [-0.05, 0) is 37.6 Å². The molecule has 5 heteroatoms. The van der Waals surface area contributed by atoms with Gasteiger partial charge in [0.05, 0.1) is 12.8 Å². The van der Waals surface area contributed by atoms with Crippen LogP contribution in [0.2, 0.25) is 0 Å². The van der Waals surface area contributed by atoms with Crippen LogP contribution in [0, 0.1) is 5.41 Å². The van der Waals surface area contributed by atoms with Gasteiger partial charge in [0.2, 0.25) is 11.8 Å². The zero-order valence-electron chi connectivity index (χ0n) is 13.2. The van der Waals surface area contributed by atoms with Gasteiger partial charge in [-0.25, -0.2) is 4.90 Å². The summed E-state index contributed by atoms with van der Waals surface area (Å²) in [7, 11) is 1.55. The third-order valence-corrected chi connectivity index (χ3v) is 4.28. The number of nitrogens with zero attached hydrogens (tertiary/aromatic N) is 1. The molecule has 0 aromatic heterocycles. The number of ether oxygens (including phenoxy) is 1. The Labute approximate surface area is 130 Å². The predicted molar refractivity (Wildman–Crippen MR) is 82.7 cm³/mol. The van der Waals surface area contributed by atoms with Crippen molar-refractivity contribution in [1.82, 2.24) is 0 Å². The molecule has 2 amide bonds. The van der Waals surface area contributed by atoms with E-state index < -0.39 is 11.3 Å². The summed E-state index contributed by atoms with van der Waals surface area (Å²) in [6, 6.07) is 6.70. The van der Waals surface area contributed by atoms with Gasteiger partial charge >= 0.3 is 0 Å². The molecule has 0 N–H and O–H groups in total. The summed E-state index contributed by atoms with van der Waals surface area (Å²) in [6.07, 6.45) is 2.01. The minimum Gasteiger partial charge on any atom is -0.497 e. The van der Waals surface area contributed by atoms with Crippen molar-refractivity contribution in [2.75, 3.05) is 12.0 Å². The number of Topliss-reactive ketones (excluding diaryl/α,β-unsaturated/α-hetero) is 1. The largest absolute Gasteiger partial charge is 0.497 e. The molecule has 0 saturated carbocycles. The first kappa shape index (κ1) is 16.2. The number of carbonyl (C=O) groups excluding carboxylic acids is 3. The van der Waals surface area contributed by atoms with Crippen molar-refractivity contribution in [3.8, 4) is 5.75 Å². The zero-order valence-corrected chi connectivity index (χ0v) is 13.2. The molecule has 1 aromatic rings. The lowest BCUT2D eigenvalue weighted by Crippen LogP contribution is -2.40. The first-order chi connectivity index (χ1) is 10.5. The fourth-order valence-corrected chi connectivity index (χ4v) is 2.86. The second kappa shape index (κ2) is 6.30. The molecular weight excluding hydrogens is 282 g/mol. The van der Waals surface area contributed by atoms with E-state index in [0.717, 1.165) is 17.7 Å². The summed E-state index contributed by atoms with van der Waals surface area (Å²) < 4.78 is 5.08. The van der Waals surface area contributed by atoms with Crippen molar-refractivity contribution < 1.29 is 19.1 Å². The van der Waals surface area contributed by atoms with Crippen LogP contribution in [0.4, 0.5) is 5.69 Å². The van der Waals surface area contributed by atoms with Crippen molar-refractivity contribution >= 4 is 23.3 Å². The summed E-state index contributed by atoms with van der Waals surface area (Å²) in [5.41, 5.74) is -0.706. The monoisotopic (exact) mass is 303 g/mol. The molecule has 1 aliphatic heterocycles. The number of hydrogen-bond acceptors (Lipinski definition) is 4. The van der Waals surface area contributed by atoms with Crippen LogP contribution in [0.15, 0.2) is 24.3 Å². The van der Waals surface area contributed by atoms with Crippen molar-refractivity contribution in [3.63, 3.8) is 0 Å². The Kier molecular flexibility index (Phi) is 4.64. The van der Waals surface area contributed by atoms with Crippen LogP contribution in [0.3, 0.4) is 0 Å². The molecule has 1 aromatic carbocycles. The third-order valence-electron chi connectivity index (χ3n) is 4.28. The molecule has 1 unspecified atom stereocenters. The van der Waals surface area contributed by atoms with E-state index in [4.69, 9.17) is 4.74 Å². The molecular formula is C17H21NO4. The highest BCUT2D eigenvalue weighted by Gasteiger charge is 2.54. The number of carbonyl (C=O) groups is 3. The van der Waals surface area contributed by atoms with Gasteiger partial charge < -0.3 is 4.74 Å². The second-order valence-corrected chi connectivity index (χ2v) is 5.65. The molecule has 0 aliphatic carbocycles. The molecule has 1 saturated heterocycles. The van der Waals surface area contributed by atoms with Gasteiger partial charge in [0.15, 0.2) is 0 Å². The summed E-state index contributed by atoms with van der Waals surface area (Å²) in [5, 5.41) is 0. The maximum atomic E-state index is 12.8. The van der Waals surface area contributed by atoms with E-state index in [9.17, 15) is 14.4 Å². The van der Waals surface area contributed by atoms with Crippen LogP contribution in [0.5, 0.6) is 5.75 Å². The molecule has 22 heavy (non-hydrogen) atoms. The average Bonchev–Trinajstić information content (AvgIpc) is 2.77. The highest BCUT2D eigenvalue weighted by atomic mass is 16.5. The quantitative estimate of drug-likeness (QED) is 0.599. The number of ketones is 1. The van der Waals surface area contributed by atoms with Gasteiger partial charge in [0.25, 0.3) is 0 Å². The Morgan fingerprint density at radius 3 is 2.41 bits per heavy atom. The Hall–Kier alpha value is -2.17. The summed E-state index contributed by atoms with van der Waals surface area (Å²) in [4.78, 5) is 38.4. The lowest BCUT2D eigenvalue weighted by atomic mass is 9.77. The molecule has 5 nitrogen and oxygen atoms in total. The number of rotatable bonds is 6. The van der Waals surface area contributed by atoms with E-state index in [0.29, 0.717) is 17.9 Å². The second-order valence-electron chi connectivity index (χ2n) is 5.65. The maximum absolute atomic E-state index is 12.8. The third kappa shape index (κ3) is 2.63. The van der Waals surface area contributed by atoms with Crippen LogP contribution in [0.25, 0.3) is 0 Å². The summed E-state index contributed by atoms with van der Waals surface area (Å²) >= 11 is 0. The van der Waals surface area contributed by atoms with E-state index in [1.807, 2.05) is 6.92 Å². The van der Waals surface area contributed by atoms with Crippen LogP contribution in [-0.4, -0.2) is 24.7 Å². The zero-order chi connectivity index (χ0) is 16.3. The summed E-state index contributed by atoms with van der Waals surface area (Å²) in [5.74, 6) is -0.299. The molecule has 1 atom stereocenters. The fraction of sp³-hybridized carbons (Fsp3) is 0.471. The van der Waals surface area contributed by atoms with Gasteiger partial charge in [0, 0.05) is 6.42 Å². The first-order valence-corrected chi connectivity index (χ1v) is 7.48. The minimum absolute atomic E-state index is 0.0345. The van der Waals surface area contributed by atoms with Gasteiger partial charge in [-0.1, -0.05) is 19.8 Å². The molecule has 0 radical (unpaired) electrons. The lowest BCUT2D eigenvalue weighted by molar-refractivity contribution is -0.138. The number of amides is 2. The van der Waals surface area contributed by atoms with Crippen molar-refractivity contribution in [2.45, 2.75) is 39.5 Å². The van der Waals surface area contributed by atoms with E-state index in [-0.39, 0.29) is 18.1 Å². The first-order valence-electron chi connectivity index (χ1n) is 7.48. The Balaban J connectivity index is 2.35. The smallest absolute Gasteiger partial charge is 0.247 e. The van der Waals surface area contributed by atoms with Crippen LogP contribution in [0.1, 0.15) is 39.5 Å². The molecule has 1 aliphatic rings.